The molecular weight excluding hydrogens is 250 g/mol. The van der Waals surface area contributed by atoms with Gasteiger partial charge in [-0.1, -0.05) is 6.92 Å². The summed E-state index contributed by atoms with van der Waals surface area (Å²) in [6.07, 6.45) is 2.10. The van der Waals surface area contributed by atoms with E-state index in [-0.39, 0.29) is 30.6 Å². The molecule has 1 fully saturated rings. The molecule has 1 aliphatic heterocycles. The number of nitrogens with one attached hydrogen (secondary N) is 1. The smallest absolute Gasteiger partial charge is 0.232 e. The van der Waals surface area contributed by atoms with Crippen LogP contribution in [-0.4, -0.2) is 49.2 Å². The van der Waals surface area contributed by atoms with Gasteiger partial charge in [0, 0.05) is 30.7 Å². The van der Waals surface area contributed by atoms with Gasteiger partial charge in [-0.25, -0.2) is 4.98 Å². The van der Waals surface area contributed by atoms with Crippen molar-refractivity contribution in [3.63, 3.8) is 0 Å². The van der Waals surface area contributed by atoms with Crippen LogP contribution in [0.3, 0.4) is 0 Å². The fourth-order valence-electron chi connectivity index (χ4n) is 2.24. The number of imide groups is 1. The Hall–Kier alpha value is -1.73. The van der Waals surface area contributed by atoms with E-state index in [9.17, 15) is 19.8 Å². The number of imidazole rings is 1. The highest BCUT2D eigenvalue weighted by Crippen LogP contribution is 2.23. The maximum absolute atomic E-state index is 12.1. The Morgan fingerprint density at radius 3 is 2.84 bits per heavy atom. The number of aromatic amines is 1. The monoisotopic (exact) mass is 267 g/mol. The zero-order valence-electron chi connectivity index (χ0n) is 10.6. The van der Waals surface area contributed by atoms with Gasteiger partial charge in [0.15, 0.2) is 6.29 Å². The number of rotatable bonds is 4. The van der Waals surface area contributed by atoms with Crippen molar-refractivity contribution in [2.24, 2.45) is 5.92 Å². The Balaban J connectivity index is 2.22. The molecule has 19 heavy (non-hydrogen) atoms. The summed E-state index contributed by atoms with van der Waals surface area (Å²) in [4.78, 5) is 31.6. The third kappa shape index (κ3) is 2.82. The zero-order valence-corrected chi connectivity index (χ0v) is 10.6. The largest absolute Gasteiger partial charge is 0.366 e. The molecule has 0 bridgehead atoms. The highest BCUT2D eigenvalue weighted by atomic mass is 16.5. The van der Waals surface area contributed by atoms with Crippen LogP contribution in [0.1, 0.15) is 25.5 Å². The number of aliphatic hydroxyl groups excluding tert-OH is 1. The number of hydrogen-bond acceptors (Lipinski definition) is 5. The van der Waals surface area contributed by atoms with E-state index >= 15 is 0 Å². The van der Waals surface area contributed by atoms with Gasteiger partial charge in [-0.3, -0.25) is 14.5 Å². The third-order valence-corrected chi connectivity index (χ3v) is 3.38. The van der Waals surface area contributed by atoms with Crippen LogP contribution in [0.25, 0.3) is 0 Å². The van der Waals surface area contributed by atoms with Crippen molar-refractivity contribution in [2.45, 2.75) is 38.5 Å². The van der Waals surface area contributed by atoms with Gasteiger partial charge in [-0.15, -0.1) is 0 Å². The molecule has 2 amide bonds. The Kier molecular flexibility index (Phi) is 3.96. The fourth-order valence-corrected chi connectivity index (χ4v) is 2.24. The van der Waals surface area contributed by atoms with Gasteiger partial charge in [-0.05, 0) is 6.42 Å². The molecule has 3 N–H and O–H groups in total. The summed E-state index contributed by atoms with van der Waals surface area (Å²) in [6, 6.07) is -0.983. The summed E-state index contributed by atoms with van der Waals surface area (Å²) in [6.45, 7) is 1.73. The fraction of sp³-hybridized carbons (Fsp3) is 0.583. The van der Waals surface area contributed by atoms with Crippen molar-refractivity contribution in [1.82, 2.24) is 14.9 Å². The second kappa shape index (κ2) is 5.50. The van der Waals surface area contributed by atoms with E-state index in [0.717, 1.165) is 4.90 Å². The third-order valence-electron chi connectivity index (χ3n) is 3.38. The molecule has 1 aromatic heterocycles. The van der Waals surface area contributed by atoms with Crippen LogP contribution < -0.4 is 0 Å². The van der Waals surface area contributed by atoms with Gasteiger partial charge >= 0.3 is 0 Å². The normalized spacial score (nSPS) is 22.1. The summed E-state index contributed by atoms with van der Waals surface area (Å²) in [5.74, 6) is -0.990. The van der Waals surface area contributed by atoms with Crippen LogP contribution in [-0.2, 0) is 16.0 Å². The average molecular weight is 267 g/mol. The number of nitrogens with zero attached hydrogens (tertiary/aromatic N) is 2. The molecule has 1 aromatic rings. The number of piperidine rings is 1. The van der Waals surface area contributed by atoms with E-state index in [0.29, 0.717) is 12.1 Å². The van der Waals surface area contributed by atoms with Crippen LogP contribution >= 0.6 is 0 Å². The number of likely N-dealkylation sites (tertiary alicyclic amines) is 1. The lowest BCUT2D eigenvalue weighted by atomic mass is 9.95. The first kappa shape index (κ1) is 13.7. The zero-order chi connectivity index (χ0) is 14.0. The number of aliphatic hydroxyl groups is 2. The van der Waals surface area contributed by atoms with Crippen molar-refractivity contribution in [2.75, 3.05) is 0 Å². The summed E-state index contributed by atoms with van der Waals surface area (Å²) in [5.41, 5.74) is 0.636. The predicted molar refractivity (Wildman–Crippen MR) is 64.6 cm³/mol. The molecule has 2 heterocycles. The number of H-pyrrole nitrogens is 1. The van der Waals surface area contributed by atoms with E-state index < -0.39 is 12.3 Å². The summed E-state index contributed by atoms with van der Waals surface area (Å²) in [7, 11) is 0. The minimum atomic E-state index is -1.78. The van der Waals surface area contributed by atoms with Crippen molar-refractivity contribution in [1.29, 1.82) is 0 Å². The molecule has 0 aromatic carbocycles. The Morgan fingerprint density at radius 1 is 1.53 bits per heavy atom. The van der Waals surface area contributed by atoms with Gasteiger partial charge in [0.25, 0.3) is 0 Å². The van der Waals surface area contributed by atoms with Gasteiger partial charge in [0.2, 0.25) is 11.8 Å². The lowest BCUT2D eigenvalue weighted by molar-refractivity contribution is -0.167. The van der Waals surface area contributed by atoms with E-state index in [1.165, 1.54) is 12.5 Å². The first-order valence-electron chi connectivity index (χ1n) is 6.20. The summed E-state index contributed by atoms with van der Waals surface area (Å²) < 4.78 is 0. The second-order valence-electron chi connectivity index (χ2n) is 4.80. The van der Waals surface area contributed by atoms with Gasteiger partial charge in [-0.2, -0.15) is 0 Å². The lowest BCUT2D eigenvalue weighted by Gasteiger charge is -2.36. The Labute approximate surface area is 110 Å². The number of carbonyl (C=O) groups excluding carboxylic acids is 2. The molecule has 104 valence electrons. The quantitative estimate of drug-likeness (QED) is 0.499. The molecule has 7 heteroatoms. The highest BCUT2D eigenvalue weighted by Gasteiger charge is 2.39. The minimum Gasteiger partial charge on any atom is -0.366 e. The molecule has 2 unspecified atom stereocenters. The summed E-state index contributed by atoms with van der Waals surface area (Å²) in [5, 5.41) is 18.9. The molecule has 1 aliphatic rings. The molecule has 0 aliphatic carbocycles. The van der Waals surface area contributed by atoms with Gasteiger partial charge < -0.3 is 15.2 Å². The van der Waals surface area contributed by atoms with Crippen LogP contribution in [0.2, 0.25) is 0 Å². The number of hydrogen-bond donors (Lipinski definition) is 3. The topological polar surface area (TPSA) is 107 Å². The van der Waals surface area contributed by atoms with Crippen LogP contribution in [0, 0.1) is 5.92 Å². The standard InChI is InChI=1S/C12H17N3O4/c1-7-2-3-10(16)15(11(7)17)9(12(18)19)4-8-5-13-6-14-8/h5-7,9,12,18-19H,2-4H2,1H3,(H,13,14). The van der Waals surface area contributed by atoms with Gasteiger partial charge in [0.1, 0.15) is 0 Å². The van der Waals surface area contributed by atoms with Crippen LogP contribution in [0.4, 0.5) is 0 Å². The molecule has 2 atom stereocenters. The second-order valence-corrected chi connectivity index (χ2v) is 4.80. The lowest BCUT2D eigenvalue weighted by Crippen LogP contribution is -2.55. The first-order chi connectivity index (χ1) is 9.00. The Bertz CT molecular complexity index is 458. The van der Waals surface area contributed by atoms with E-state index in [4.69, 9.17) is 0 Å². The molecule has 7 nitrogen and oxygen atoms in total. The van der Waals surface area contributed by atoms with E-state index in [1.807, 2.05) is 0 Å². The minimum absolute atomic E-state index is 0.141. The van der Waals surface area contributed by atoms with E-state index in [1.54, 1.807) is 6.92 Å². The molecule has 0 saturated carbocycles. The molecular formula is C12H17N3O4. The summed E-state index contributed by atoms with van der Waals surface area (Å²) >= 11 is 0. The predicted octanol–water partition coefficient (Wildman–Crippen LogP) is -0.583. The van der Waals surface area contributed by atoms with Crippen LogP contribution in [0.5, 0.6) is 0 Å². The van der Waals surface area contributed by atoms with Crippen molar-refractivity contribution in [3.05, 3.63) is 18.2 Å². The number of amides is 2. The maximum Gasteiger partial charge on any atom is 0.232 e. The van der Waals surface area contributed by atoms with Crippen LogP contribution in [0.15, 0.2) is 12.5 Å². The highest BCUT2D eigenvalue weighted by molar-refractivity contribution is 5.99. The first-order valence-corrected chi connectivity index (χ1v) is 6.20. The number of carbonyl (C=O) groups is 2. The maximum atomic E-state index is 12.1. The van der Waals surface area contributed by atoms with E-state index in [2.05, 4.69) is 9.97 Å². The van der Waals surface area contributed by atoms with Crippen molar-refractivity contribution < 1.29 is 19.8 Å². The molecule has 1 saturated heterocycles. The molecule has 0 spiro atoms. The average Bonchev–Trinajstić information content (AvgIpc) is 2.86. The SMILES string of the molecule is CC1CCC(=O)N(C(Cc2cnc[nH]2)C(O)O)C1=O. The number of aromatic nitrogens is 2. The van der Waals surface area contributed by atoms with Crippen molar-refractivity contribution >= 4 is 11.8 Å². The molecule has 2 rings (SSSR count). The van der Waals surface area contributed by atoms with Gasteiger partial charge in [0.05, 0.1) is 12.4 Å². The molecule has 0 radical (unpaired) electrons. The Morgan fingerprint density at radius 2 is 2.26 bits per heavy atom. The van der Waals surface area contributed by atoms with Crippen molar-refractivity contribution in [3.8, 4) is 0 Å².